The fourth-order valence-corrected chi connectivity index (χ4v) is 5.43. The van der Waals surface area contributed by atoms with Crippen LogP contribution in [-0.4, -0.2) is 74.4 Å². The van der Waals surface area contributed by atoms with E-state index in [4.69, 9.17) is 4.74 Å². The monoisotopic (exact) mass is 544 g/mol. The molecule has 2 atom stereocenters. The van der Waals surface area contributed by atoms with Gasteiger partial charge in [0.1, 0.15) is 17.4 Å². The van der Waals surface area contributed by atoms with Gasteiger partial charge in [0.05, 0.1) is 38.1 Å². The third-order valence-electron chi connectivity index (χ3n) is 7.06. The molecule has 0 aliphatic carbocycles. The number of hydrogen-bond acceptors (Lipinski definition) is 5. The zero-order valence-electron chi connectivity index (χ0n) is 21.0. The van der Waals surface area contributed by atoms with Crippen LogP contribution in [0.15, 0.2) is 24.3 Å². The van der Waals surface area contributed by atoms with Crippen molar-refractivity contribution in [1.29, 1.82) is 0 Å². The highest BCUT2D eigenvalue weighted by molar-refractivity contribution is 5.77. The van der Waals surface area contributed by atoms with Crippen molar-refractivity contribution < 1.29 is 35.9 Å². The number of rotatable bonds is 10. The lowest BCUT2D eigenvalue weighted by Crippen LogP contribution is -2.54. The van der Waals surface area contributed by atoms with E-state index in [0.717, 1.165) is 17.0 Å². The Hall–Kier alpha value is -2.99. The van der Waals surface area contributed by atoms with Crippen molar-refractivity contribution in [2.24, 2.45) is 0 Å². The van der Waals surface area contributed by atoms with Gasteiger partial charge in [0.15, 0.2) is 0 Å². The van der Waals surface area contributed by atoms with Crippen LogP contribution in [-0.2, 0) is 11.2 Å². The maximum absolute atomic E-state index is 15.6. The van der Waals surface area contributed by atoms with E-state index in [9.17, 15) is 22.4 Å². The van der Waals surface area contributed by atoms with Crippen molar-refractivity contribution in [2.75, 3.05) is 50.6 Å². The van der Waals surface area contributed by atoms with Crippen LogP contribution < -0.4 is 15.4 Å². The molecular weight excluding hydrogens is 514 g/mol. The number of nitrogens with zero attached hydrogens (tertiary/aromatic N) is 2. The first-order chi connectivity index (χ1) is 18.1. The average Bonchev–Trinajstić information content (AvgIpc) is 2.81. The number of nitrogens with one attached hydrogen (secondary N) is 2. The van der Waals surface area contributed by atoms with E-state index in [0.29, 0.717) is 43.7 Å². The van der Waals surface area contributed by atoms with Gasteiger partial charge in [-0.3, -0.25) is 19.0 Å². The first kappa shape index (κ1) is 28.0. The SMILES string of the molecule is COc1c(NC=O)ccc2c1C[C@@H](C)N(CC(F)(F)F)C2c1c(F)cc(NC2CN(CCCF)C2)cc1F. The molecule has 1 unspecified atom stereocenters. The van der Waals surface area contributed by atoms with Gasteiger partial charge in [0, 0.05) is 42.5 Å². The number of carbonyl (C=O) groups is 1. The topological polar surface area (TPSA) is 56.8 Å². The van der Waals surface area contributed by atoms with Crippen LogP contribution in [0.1, 0.15) is 36.1 Å². The summed E-state index contributed by atoms with van der Waals surface area (Å²) >= 11 is 0. The molecule has 6 nitrogen and oxygen atoms in total. The molecule has 38 heavy (non-hydrogen) atoms. The lowest BCUT2D eigenvalue weighted by Gasteiger charge is -2.43. The van der Waals surface area contributed by atoms with Crippen LogP contribution in [0.25, 0.3) is 0 Å². The first-order valence-electron chi connectivity index (χ1n) is 12.3. The van der Waals surface area contributed by atoms with E-state index in [-0.39, 0.29) is 29.5 Å². The summed E-state index contributed by atoms with van der Waals surface area (Å²) < 4.78 is 89.8. The molecule has 4 rings (SSSR count). The molecule has 1 fully saturated rings. The van der Waals surface area contributed by atoms with E-state index in [2.05, 4.69) is 10.6 Å². The van der Waals surface area contributed by atoms with Crippen LogP contribution in [0.5, 0.6) is 5.75 Å². The second-order valence-electron chi connectivity index (χ2n) is 9.72. The highest BCUT2D eigenvalue weighted by Crippen LogP contribution is 2.46. The summed E-state index contributed by atoms with van der Waals surface area (Å²) in [6.07, 6.45) is -3.64. The van der Waals surface area contributed by atoms with Gasteiger partial charge in [-0.05, 0) is 43.5 Å². The summed E-state index contributed by atoms with van der Waals surface area (Å²) in [6, 6.07) is 2.87. The van der Waals surface area contributed by atoms with Crippen molar-refractivity contribution in [3.63, 3.8) is 0 Å². The van der Waals surface area contributed by atoms with Crippen molar-refractivity contribution >= 4 is 17.8 Å². The largest absolute Gasteiger partial charge is 0.494 e. The Morgan fingerprint density at radius 2 is 1.84 bits per heavy atom. The summed E-state index contributed by atoms with van der Waals surface area (Å²) in [4.78, 5) is 14.1. The van der Waals surface area contributed by atoms with Crippen LogP contribution in [0.3, 0.4) is 0 Å². The summed E-state index contributed by atoms with van der Waals surface area (Å²) in [5.74, 6) is -1.72. The van der Waals surface area contributed by atoms with Crippen molar-refractivity contribution in [3.8, 4) is 5.75 Å². The Balaban J connectivity index is 1.72. The third kappa shape index (κ3) is 5.85. The minimum absolute atomic E-state index is 0.0792. The molecule has 0 aromatic heterocycles. The van der Waals surface area contributed by atoms with Gasteiger partial charge in [0.25, 0.3) is 0 Å². The lowest BCUT2D eigenvalue weighted by molar-refractivity contribution is -0.155. The van der Waals surface area contributed by atoms with Gasteiger partial charge in [0.2, 0.25) is 6.41 Å². The molecule has 2 N–H and O–H groups in total. The smallest absolute Gasteiger partial charge is 0.401 e. The zero-order valence-corrected chi connectivity index (χ0v) is 21.0. The van der Waals surface area contributed by atoms with Gasteiger partial charge < -0.3 is 15.4 Å². The minimum Gasteiger partial charge on any atom is -0.494 e. The van der Waals surface area contributed by atoms with E-state index >= 15 is 8.78 Å². The normalized spacial score (nSPS) is 20.5. The molecule has 208 valence electrons. The Morgan fingerprint density at radius 1 is 1.16 bits per heavy atom. The van der Waals surface area contributed by atoms with Gasteiger partial charge >= 0.3 is 6.18 Å². The van der Waals surface area contributed by atoms with Crippen molar-refractivity contribution in [1.82, 2.24) is 9.80 Å². The quantitative estimate of drug-likeness (QED) is 0.330. The predicted molar refractivity (Wildman–Crippen MR) is 131 cm³/mol. The number of halogens is 6. The molecule has 0 saturated carbocycles. The number of amides is 1. The van der Waals surface area contributed by atoms with Gasteiger partial charge in [-0.1, -0.05) is 6.07 Å². The number of fused-ring (bicyclic) bond motifs is 1. The standard InChI is InChI=1S/C26H30F6N4O2/c1-15-8-19-18(4-5-22(33-14-37)25(19)38-2)24(36(15)13-26(30,31)32)23-20(28)9-16(10-21(23)29)34-17-11-35(12-17)7-3-6-27/h4-5,9-10,14-15,17,24,34H,3,6-8,11-13H2,1-2H3,(H,33,37)/t15-,24?/m1/s1. The van der Waals surface area contributed by atoms with Crippen LogP contribution in [0, 0.1) is 11.6 Å². The van der Waals surface area contributed by atoms with E-state index in [1.807, 2.05) is 4.90 Å². The second-order valence-corrected chi connectivity index (χ2v) is 9.72. The van der Waals surface area contributed by atoms with Gasteiger partial charge in [-0.2, -0.15) is 13.2 Å². The third-order valence-corrected chi connectivity index (χ3v) is 7.06. The first-order valence-corrected chi connectivity index (χ1v) is 12.3. The number of anilines is 2. The van der Waals surface area contributed by atoms with Crippen LogP contribution >= 0.6 is 0 Å². The molecular formula is C26H30F6N4O2. The number of likely N-dealkylation sites (tertiary alicyclic amines) is 1. The summed E-state index contributed by atoms with van der Waals surface area (Å²) in [5, 5.41) is 5.54. The fraction of sp³-hybridized carbons (Fsp3) is 0.500. The molecule has 2 aromatic rings. The average molecular weight is 545 g/mol. The Bertz CT molecular complexity index is 1130. The maximum Gasteiger partial charge on any atom is 0.401 e. The number of benzene rings is 2. The molecule has 12 heteroatoms. The van der Waals surface area contributed by atoms with Crippen molar-refractivity contribution in [3.05, 3.63) is 52.6 Å². The molecule has 0 radical (unpaired) electrons. The zero-order chi connectivity index (χ0) is 27.6. The van der Waals surface area contributed by atoms with E-state index < -0.39 is 48.7 Å². The Labute approximate surface area is 216 Å². The summed E-state index contributed by atoms with van der Waals surface area (Å²) in [6.45, 7) is 1.55. The number of methoxy groups -OCH3 is 1. The van der Waals surface area contributed by atoms with Crippen molar-refractivity contribution in [2.45, 2.75) is 44.1 Å². The highest BCUT2D eigenvalue weighted by Gasteiger charge is 2.43. The molecule has 0 bridgehead atoms. The van der Waals surface area contributed by atoms with Gasteiger partial charge in [-0.25, -0.2) is 8.78 Å². The molecule has 2 heterocycles. The van der Waals surface area contributed by atoms with Gasteiger partial charge in [-0.15, -0.1) is 0 Å². The van der Waals surface area contributed by atoms with E-state index in [1.165, 1.54) is 19.2 Å². The van der Waals surface area contributed by atoms with E-state index in [1.54, 1.807) is 6.92 Å². The summed E-state index contributed by atoms with van der Waals surface area (Å²) in [5.41, 5.74) is 0.719. The number of hydrogen-bond donors (Lipinski definition) is 2. The predicted octanol–water partition coefficient (Wildman–Crippen LogP) is 4.90. The molecule has 1 saturated heterocycles. The molecule has 0 spiro atoms. The minimum atomic E-state index is -4.61. The lowest BCUT2D eigenvalue weighted by atomic mass is 9.83. The molecule has 2 aliphatic rings. The Kier molecular flexibility index (Phi) is 8.41. The Morgan fingerprint density at radius 3 is 2.42 bits per heavy atom. The second kappa shape index (κ2) is 11.4. The maximum atomic E-state index is 15.6. The van der Waals surface area contributed by atoms with Crippen LogP contribution in [0.4, 0.5) is 37.7 Å². The molecule has 2 aliphatic heterocycles. The molecule has 1 amide bonds. The molecule has 2 aromatic carbocycles. The summed E-state index contributed by atoms with van der Waals surface area (Å²) in [7, 11) is 1.36. The van der Waals surface area contributed by atoms with Crippen LogP contribution in [0.2, 0.25) is 0 Å². The highest BCUT2D eigenvalue weighted by atomic mass is 19.4. The number of alkyl halides is 4. The number of carbonyl (C=O) groups excluding carboxylic acids is 1. The number of ether oxygens (including phenoxy) is 1. The fourth-order valence-electron chi connectivity index (χ4n) is 5.43.